The van der Waals surface area contributed by atoms with Crippen LogP contribution in [0.5, 0.6) is 0 Å². The van der Waals surface area contributed by atoms with Crippen LogP contribution >= 0.6 is 0 Å². The molecule has 2 heterocycles. The van der Waals surface area contributed by atoms with E-state index in [4.69, 9.17) is 0 Å². The number of hydrogen-bond acceptors (Lipinski definition) is 4. The molecule has 0 atom stereocenters. The zero-order valence-corrected chi connectivity index (χ0v) is 14.2. The fraction of sp³-hybridized carbons (Fsp3) is 0.389. The van der Waals surface area contributed by atoms with Gasteiger partial charge in [-0.2, -0.15) is 0 Å². The summed E-state index contributed by atoms with van der Waals surface area (Å²) in [6, 6.07) is 5.41. The van der Waals surface area contributed by atoms with Gasteiger partial charge in [-0.05, 0) is 49.1 Å². The number of aryl methyl sites for hydroxylation is 1. The van der Waals surface area contributed by atoms with Crippen molar-refractivity contribution in [2.24, 2.45) is 0 Å². The van der Waals surface area contributed by atoms with Crippen molar-refractivity contribution in [3.8, 4) is 0 Å². The minimum Gasteiger partial charge on any atom is -0.372 e. The van der Waals surface area contributed by atoms with Gasteiger partial charge in [0.25, 0.3) is 11.8 Å². The summed E-state index contributed by atoms with van der Waals surface area (Å²) in [4.78, 5) is 40.6. The highest BCUT2D eigenvalue weighted by Gasteiger charge is 2.37. The average molecular weight is 327 g/mol. The zero-order chi connectivity index (χ0) is 17.4. The first kappa shape index (κ1) is 16.2. The summed E-state index contributed by atoms with van der Waals surface area (Å²) < 4.78 is 0. The Morgan fingerprint density at radius 3 is 2.08 bits per heavy atom. The van der Waals surface area contributed by atoms with Crippen LogP contribution in [0.2, 0.25) is 0 Å². The molecule has 3 rings (SSSR count). The number of likely N-dealkylation sites (N-methyl/N-ethyl adjacent to an activating group) is 2. The maximum atomic E-state index is 12.3. The van der Waals surface area contributed by atoms with E-state index in [1.165, 1.54) is 26.9 Å². The molecule has 0 N–H and O–H groups in total. The second kappa shape index (κ2) is 6.11. The van der Waals surface area contributed by atoms with Gasteiger partial charge in [-0.25, -0.2) is 4.79 Å². The van der Waals surface area contributed by atoms with Gasteiger partial charge < -0.3 is 4.90 Å². The number of amides is 4. The molecule has 0 spiro atoms. The van der Waals surface area contributed by atoms with E-state index in [1.807, 2.05) is 19.1 Å². The topological polar surface area (TPSA) is 60.9 Å². The highest BCUT2D eigenvalue weighted by Crippen LogP contribution is 2.25. The minimum absolute atomic E-state index is 0.0108. The molecule has 1 aromatic carbocycles. The average Bonchev–Trinajstić information content (AvgIpc) is 3.11. The molecule has 0 saturated carbocycles. The van der Waals surface area contributed by atoms with E-state index >= 15 is 0 Å². The molecule has 2 aliphatic rings. The Bertz CT molecular complexity index is 722. The Hall–Kier alpha value is -2.63. The maximum absolute atomic E-state index is 12.3. The highest BCUT2D eigenvalue weighted by molar-refractivity contribution is 6.30. The number of carbonyl (C=O) groups is 3. The molecule has 0 bridgehead atoms. The molecule has 4 amide bonds. The molecule has 2 saturated heterocycles. The molecule has 2 fully saturated rings. The lowest BCUT2D eigenvalue weighted by Gasteiger charge is -2.29. The molecular formula is C18H21N3O3. The standard InChI is InChI=1S/C18H21N3O3/c1-12-10-14(21-8-4-5-9-21)7-6-13(12)11-15-16(22)19(2)18(24)20(3)17(15)23/h6-7,10-11H,4-5,8-9H2,1-3H3. The van der Waals surface area contributed by atoms with E-state index in [9.17, 15) is 14.4 Å². The number of urea groups is 1. The van der Waals surface area contributed by atoms with Gasteiger partial charge in [0, 0.05) is 32.9 Å². The summed E-state index contributed by atoms with van der Waals surface area (Å²) in [5, 5.41) is 0. The van der Waals surface area contributed by atoms with E-state index in [1.54, 1.807) is 6.08 Å². The normalized spacial score (nSPS) is 18.7. The highest BCUT2D eigenvalue weighted by atomic mass is 16.2. The smallest absolute Gasteiger partial charge is 0.333 e. The van der Waals surface area contributed by atoms with Crippen LogP contribution in [0.25, 0.3) is 6.08 Å². The molecule has 0 unspecified atom stereocenters. The van der Waals surface area contributed by atoms with Crippen LogP contribution in [-0.2, 0) is 9.59 Å². The van der Waals surface area contributed by atoms with Gasteiger partial charge in [0.15, 0.2) is 0 Å². The second-order valence-electron chi connectivity index (χ2n) is 6.30. The fourth-order valence-corrected chi connectivity index (χ4v) is 3.12. The van der Waals surface area contributed by atoms with E-state index in [0.29, 0.717) is 0 Å². The number of nitrogens with zero attached hydrogens (tertiary/aromatic N) is 3. The number of anilines is 1. The SMILES string of the molecule is Cc1cc(N2CCCC2)ccc1C=C1C(=O)N(C)C(=O)N(C)C1=O. The summed E-state index contributed by atoms with van der Waals surface area (Å²) in [6.07, 6.45) is 3.99. The quantitative estimate of drug-likeness (QED) is 0.616. The third-order valence-electron chi connectivity index (χ3n) is 4.67. The fourth-order valence-electron chi connectivity index (χ4n) is 3.12. The van der Waals surface area contributed by atoms with Crippen LogP contribution in [0.4, 0.5) is 10.5 Å². The van der Waals surface area contributed by atoms with Crippen molar-refractivity contribution < 1.29 is 14.4 Å². The first-order chi connectivity index (χ1) is 11.4. The third kappa shape index (κ3) is 2.68. The molecule has 1 aromatic rings. The lowest BCUT2D eigenvalue weighted by atomic mass is 10.0. The molecule has 6 nitrogen and oxygen atoms in total. The monoisotopic (exact) mass is 327 g/mol. The van der Waals surface area contributed by atoms with Crippen LogP contribution in [-0.4, -0.2) is 54.8 Å². The lowest BCUT2D eigenvalue weighted by Crippen LogP contribution is -2.52. The predicted octanol–water partition coefficient (Wildman–Crippen LogP) is 2.03. The summed E-state index contributed by atoms with van der Waals surface area (Å²) in [5.41, 5.74) is 2.98. The molecule has 0 radical (unpaired) electrons. The van der Waals surface area contributed by atoms with Crippen LogP contribution in [0.3, 0.4) is 0 Å². The summed E-state index contributed by atoms with van der Waals surface area (Å²) in [7, 11) is 2.76. The maximum Gasteiger partial charge on any atom is 0.333 e. The molecular weight excluding hydrogens is 306 g/mol. The molecule has 0 aliphatic carbocycles. The van der Waals surface area contributed by atoms with Crippen LogP contribution < -0.4 is 4.90 Å². The molecule has 6 heteroatoms. The van der Waals surface area contributed by atoms with Gasteiger partial charge in [0.05, 0.1) is 0 Å². The number of barbiturate groups is 1. The van der Waals surface area contributed by atoms with E-state index in [-0.39, 0.29) is 5.57 Å². The number of rotatable bonds is 2. The van der Waals surface area contributed by atoms with E-state index in [0.717, 1.165) is 39.7 Å². The van der Waals surface area contributed by atoms with Crippen LogP contribution in [0, 0.1) is 6.92 Å². The molecule has 24 heavy (non-hydrogen) atoms. The summed E-state index contributed by atoms with van der Waals surface area (Å²) >= 11 is 0. The van der Waals surface area contributed by atoms with Crippen LogP contribution in [0.15, 0.2) is 23.8 Å². The zero-order valence-electron chi connectivity index (χ0n) is 14.2. The minimum atomic E-state index is -0.608. The lowest BCUT2D eigenvalue weighted by molar-refractivity contribution is -0.134. The number of hydrogen-bond donors (Lipinski definition) is 0. The Kier molecular flexibility index (Phi) is 4.13. The first-order valence-corrected chi connectivity index (χ1v) is 8.07. The summed E-state index contributed by atoms with van der Waals surface area (Å²) in [5.74, 6) is -1.13. The third-order valence-corrected chi connectivity index (χ3v) is 4.67. The Morgan fingerprint density at radius 1 is 0.958 bits per heavy atom. The van der Waals surface area contributed by atoms with Crippen molar-refractivity contribution in [2.75, 3.05) is 32.1 Å². The van der Waals surface area contributed by atoms with Gasteiger partial charge in [0.2, 0.25) is 0 Å². The molecule has 2 aliphatic heterocycles. The van der Waals surface area contributed by atoms with Crippen molar-refractivity contribution in [1.82, 2.24) is 9.80 Å². The van der Waals surface area contributed by atoms with Gasteiger partial charge in [-0.3, -0.25) is 19.4 Å². The number of imide groups is 2. The second-order valence-corrected chi connectivity index (χ2v) is 6.30. The Balaban J connectivity index is 1.94. The van der Waals surface area contributed by atoms with E-state index < -0.39 is 17.8 Å². The predicted molar refractivity (Wildman–Crippen MR) is 91.5 cm³/mol. The number of carbonyl (C=O) groups excluding carboxylic acids is 3. The van der Waals surface area contributed by atoms with Crippen molar-refractivity contribution >= 4 is 29.6 Å². The van der Waals surface area contributed by atoms with Crippen LogP contribution in [0.1, 0.15) is 24.0 Å². The van der Waals surface area contributed by atoms with Crippen molar-refractivity contribution in [2.45, 2.75) is 19.8 Å². The van der Waals surface area contributed by atoms with Crippen molar-refractivity contribution in [3.63, 3.8) is 0 Å². The van der Waals surface area contributed by atoms with Gasteiger partial charge in [-0.15, -0.1) is 0 Å². The largest absolute Gasteiger partial charge is 0.372 e. The molecule has 0 aromatic heterocycles. The van der Waals surface area contributed by atoms with Gasteiger partial charge in [-0.1, -0.05) is 6.07 Å². The first-order valence-electron chi connectivity index (χ1n) is 8.07. The number of benzene rings is 1. The van der Waals surface area contributed by atoms with E-state index in [2.05, 4.69) is 11.0 Å². The van der Waals surface area contributed by atoms with Crippen molar-refractivity contribution in [3.05, 3.63) is 34.9 Å². The Labute approximate surface area is 141 Å². The summed E-state index contributed by atoms with van der Waals surface area (Å²) in [6.45, 7) is 4.09. The van der Waals surface area contributed by atoms with Gasteiger partial charge in [0.1, 0.15) is 5.57 Å². The molecule has 126 valence electrons. The Morgan fingerprint density at radius 2 is 1.54 bits per heavy atom. The van der Waals surface area contributed by atoms with Crippen molar-refractivity contribution in [1.29, 1.82) is 0 Å². The van der Waals surface area contributed by atoms with Gasteiger partial charge >= 0.3 is 6.03 Å².